The topological polar surface area (TPSA) is 496 Å². The summed E-state index contributed by atoms with van der Waals surface area (Å²) in [5, 5.41) is 53.9. The minimum Gasteiger partial charge on any atom is -0.790 e. The number of aromatic nitrogens is 1. The number of carboxylic acid groups (broad SMARTS) is 1. The van der Waals surface area contributed by atoms with Gasteiger partial charge in [0.2, 0.25) is 47.3 Å². The van der Waals surface area contributed by atoms with Gasteiger partial charge in [0.05, 0.1) is 68.9 Å². The van der Waals surface area contributed by atoms with Gasteiger partial charge in [-0.15, -0.1) is 11.5 Å². The molecular formula is C107H122N13O22S2Tb. The van der Waals surface area contributed by atoms with Gasteiger partial charge in [-0.25, -0.2) is 0 Å². The van der Waals surface area contributed by atoms with Crippen LogP contribution in [0.25, 0.3) is 10.9 Å². The first-order valence-electron chi connectivity index (χ1n) is 47.3. The van der Waals surface area contributed by atoms with Crippen molar-refractivity contribution in [3.8, 4) is 0 Å². The van der Waals surface area contributed by atoms with Gasteiger partial charge in [0.15, 0.2) is 0 Å². The molecule has 1 heterocycles. The van der Waals surface area contributed by atoms with Crippen LogP contribution in [-0.2, 0) is 181 Å². The zero-order chi connectivity index (χ0) is 103. The molecule has 1 aromatic heterocycles. The van der Waals surface area contributed by atoms with Gasteiger partial charge in [0.25, 0.3) is 0 Å². The number of aromatic amines is 1. The molecule has 0 aliphatic heterocycles. The summed E-state index contributed by atoms with van der Waals surface area (Å²) in [5.74, 6) is -13.8. The van der Waals surface area contributed by atoms with Crippen LogP contribution in [-0.4, -0.2) is 250 Å². The summed E-state index contributed by atoms with van der Waals surface area (Å²) in [6.45, 7) is -0.000282. The first-order chi connectivity index (χ1) is 69.6. The maximum atomic E-state index is 15.3. The van der Waals surface area contributed by atoms with E-state index >= 15 is 19.2 Å². The first-order valence-corrected chi connectivity index (χ1v) is 48.5. The molecule has 0 saturated heterocycles. The number of para-hydroxylation sites is 1. The average molecular weight is 2170 g/mol. The number of aliphatic hydroxyl groups is 2. The van der Waals surface area contributed by atoms with E-state index in [-0.39, 0.29) is 149 Å². The van der Waals surface area contributed by atoms with Crippen molar-refractivity contribution < 1.29 is 145 Å². The van der Waals surface area contributed by atoms with Gasteiger partial charge in [0.1, 0.15) is 69.3 Å². The van der Waals surface area contributed by atoms with Crippen LogP contribution in [0.15, 0.2) is 267 Å². The van der Waals surface area contributed by atoms with E-state index in [0.717, 1.165) is 13.8 Å². The predicted octanol–water partition coefficient (Wildman–Crippen LogP) is 3.59. The first kappa shape index (κ1) is 115. The molecule has 11 atom stereocenters. The smallest absolute Gasteiger partial charge is 0.790 e. The number of nitrogens with two attached hydrogens (primary N) is 1. The Balaban J connectivity index is 0.0000234. The minimum absolute atomic E-state index is 0. The second-order valence-corrected chi connectivity index (χ2v) is 35.3. The number of H-pyrrole nitrogens is 1. The average Bonchev–Trinajstić information content (AvgIpc) is 1.71. The number of amides is 8. The number of carboxylic acids is 1. The third-order valence-corrected chi connectivity index (χ3v) is 24.1. The quantitative estimate of drug-likeness (QED) is 0.0112. The van der Waals surface area contributed by atoms with E-state index in [1.807, 2.05) is 35.6 Å². The fourth-order valence-corrected chi connectivity index (χ4v) is 16.0. The van der Waals surface area contributed by atoms with Crippen LogP contribution < -0.4 is 53.4 Å². The van der Waals surface area contributed by atoms with E-state index in [4.69, 9.17) is 54.7 Å². The van der Waals surface area contributed by atoms with E-state index in [1.165, 1.54) is 9.80 Å². The van der Waals surface area contributed by atoms with E-state index < -0.39 is 187 Å². The molecule has 1 unspecified atom stereocenters. The van der Waals surface area contributed by atoms with Crippen molar-refractivity contribution in [1.29, 1.82) is 0 Å². The summed E-state index contributed by atoms with van der Waals surface area (Å²) in [4.78, 5) is 208. The normalized spacial score (nSPS) is 13.4. The maximum absolute atomic E-state index is 15.3. The monoisotopic (exact) mass is 2160 g/mol. The third kappa shape index (κ3) is 40.1. The predicted molar refractivity (Wildman–Crippen MR) is 537 cm³/mol. The summed E-state index contributed by atoms with van der Waals surface area (Å²) < 4.78 is 29.2. The molecular weight excluding hydrogens is 2040 g/mol. The van der Waals surface area contributed by atoms with E-state index in [2.05, 4.69) is 42.2 Å². The number of benzene rings is 9. The second kappa shape index (κ2) is 61.9. The Kier molecular flexibility index (Phi) is 49.2. The molecule has 768 valence electrons. The Hall–Kier alpha value is -13.2. The van der Waals surface area contributed by atoms with Crippen molar-refractivity contribution >= 4 is 119 Å². The molecule has 0 saturated carbocycles. The fraction of sp³-hybridized carbons (Fsp3) is 0.346. The summed E-state index contributed by atoms with van der Waals surface area (Å²) in [7, 11) is 0. The number of esters is 5. The maximum Gasteiger partial charge on any atom is 3.00 e. The van der Waals surface area contributed by atoms with Crippen molar-refractivity contribution in [2.24, 2.45) is 5.73 Å². The molecule has 10 rings (SSSR count). The zero-order valence-electron chi connectivity index (χ0n) is 80.4. The molecule has 0 spiro atoms. The van der Waals surface area contributed by atoms with Crippen LogP contribution in [0.1, 0.15) is 88.7 Å². The minimum atomic E-state index is -1.90. The SMILES string of the molecule is C[C@@H](O)[C@H](NC(=O)[C@H](C[S-])NC(=O)[C@@H](NC(=O)[C@H](CCCCN)NC(=O)[C@@H](Cc1c[nH]c2ccccc12)NC(=O)[C@H](Cc1ccccc1)NC(=O)[C@H](C[S-])NC(=O)[C@@H](Cc1ccccc1)NC(=O)Cc1ccc(CC(C(=O)OCc2ccccc2)N(CCN(CC(=O)OCc2ccccc2)CC(=O)OCc2ccccc2)CCN(CC(=O)OCc2ccccc2)CC(=O)OCc2ccccc2)cc1)[C@@H](C)O)C(=O)[O-].[Tb+3]. The number of rotatable bonds is 60. The molecule has 0 aliphatic carbocycles. The number of aliphatic hydroxyl groups excluding tert-OH is 2. The van der Waals surface area contributed by atoms with Gasteiger partial charge in [-0.1, -0.05) is 255 Å². The molecule has 145 heavy (non-hydrogen) atoms. The molecule has 9 aromatic carbocycles. The van der Waals surface area contributed by atoms with Crippen LogP contribution >= 0.6 is 0 Å². The number of fused-ring (bicyclic) bond motifs is 1. The van der Waals surface area contributed by atoms with Crippen LogP contribution in [0.2, 0.25) is 0 Å². The van der Waals surface area contributed by atoms with E-state index in [0.29, 0.717) is 73.0 Å². The molecule has 0 radical (unpaired) electrons. The number of ether oxygens (including phenoxy) is 5. The van der Waals surface area contributed by atoms with Gasteiger partial charge in [-0.05, 0) is 108 Å². The summed E-state index contributed by atoms with van der Waals surface area (Å²) >= 11 is 10.7. The number of carbonyl (C=O) groups is 14. The van der Waals surface area contributed by atoms with E-state index in [9.17, 15) is 63.3 Å². The zero-order valence-corrected chi connectivity index (χ0v) is 84.1. The fourth-order valence-electron chi connectivity index (χ4n) is 15.5. The van der Waals surface area contributed by atoms with Crippen LogP contribution in [0.4, 0.5) is 0 Å². The van der Waals surface area contributed by atoms with Crippen LogP contribution in [0.3, 0.4) is 0 Å². The van der Waals surface area contributed by atoms with Crippen LogP contribution in [0.5, 0.6) is 0 Å². The number of nitrogens with one attached hydrogen (secondary N) is 9. The largest absolute Gasteiger partial charge is 3.00 e. The van der Waals surface area contributed by atoms with Gasteiger partial charge in [-0.3, -0.25) is 77.0 Å². The second-order valence-electron chi connectivity index (χ2n) is 34.6. The number of unbranched alkanes of at least 4 members (excludes halogenated alkanes) is 1. The molecule has 0 fully saturated rings. The van der Waals surface area contributed by atoms with Gasteiger partial charge in [-0.2, -0.15) is 0 Å². The van der Waals surface area contributed by atoms with Crippen molar-refractivity contribution in [3.63, 3.8) is 0 Å². The number of carbonyl (C=O) groups excluding carboxylic acids is 14. The Labute approximate surface area is 883 Å². The summed E-state index contributed by atoms with van der Waals surface area (Å²) in [6, 6.07) is 62.1. The van der Waals surface area contributed by atoms with Crippen molar-refractivity contribution in [1.82, 2.24) is 62.2 Å². The standard InChI is InChI=1S/C107H125N13O22S2.Tb/c1-71(121)97(105(134)115-90(70-144)104(133)117-98(72(2)122)106(135)136)116-99(128)85(44-26-27-49-108)111-102(131)88(58-82-59-109-84-43-25-24-42-83(82)84)113-101(130)87(55-74-30-12-4-13-31-74)112-103(132)89(69-143)114-100(129)86(54-73-28-10-3-11-29-73)110-92(123)57-76-47-45-75(46-48-76)56-91(107(137)142-68-81-40-22-9-23-41-81)120(52-50-118(60-93(124)138-64-77-32-14-5-15-33-77)61-94(125)139-65-78-34-16-6-17-35-78)53-51-119(62-95(126)140-66-79-36-18-7-19-37-79)63-96(127)141-67-80-38-20-8-21-39-80;/h3-25,28-43,45-48,59,71-72,85-91,97-98,109,121-122,143-144H,26-27,44,49-58,60-70,108H2,1-2H3,(H,110,123)(H,111,131)(H,112,132)(H,113,130)(H,114,129)(H,115,134)(H,116,128)(H,117,133)(H,135,136);/q;+3/p-3/t71-,72-,85+,86-,87+,88-,89+,90+,91?,97+,98+;/m1./s1. The molecule has 13 N–H and O–H groups in total. The Morgan fingerprint density at radius 3 is 1.08 bits per heavy atom. The molecule has 38 heteroatoms. The number of hydrogen-bond acceptors (Lipinski definition) is 28. The van der Waals surface area contributed by atoms with Gasteiger partial charge in [0, 0.05) is 62.5 Å². The Morgan fingerprint density at radius 1 is 0.359 bits per heavy atom. The third-order valence-electron chi connectivity index (χ3n) is 23.4. The Bertz CT molecular complexity index is 5560. The number of nitrogens with zero attached hydrogens (tertiary/aromatic N) is 3. The van der Waals surface area contributed by atoms with Crippen molar-refractivity contribution in [2.45, 2.75) is 165 Å². The molecule has 35 nitrogen and oxygen atoms in total. The molecule has 10 aromatic rings. The summed E-state index contributed by atoms with van der Waals surface area (Å²) in [5.41, 5.74) is 12.7. The van der Waals surface area contributed by atoms with Crippen molar-refractivity contribution in [2.75, 3.05) is 70.4 Å². The van der Waals surface area contributed by atoms with Crippen molar-refractivity contribution in [3.05, 3.63) is 323 Å². The Morgan fingerprint density at radius 2 is 0.683 bits per heavy atom. The molecule has 0 bridgehead atoms. The number of hydrogen-bond donors (Lipinski definition) is 12. The van der Waals surface area contributed by atoms with Gasteiger partial charge < -0.3 is 122 Å². The van der Waals surface area contributed by atoms with Gasteiger partial charge >= 0.3 is 68.5 Å². The van der Waals surface area contributed by atoms with E-state index in [1.54, 1.807) is 242 Å². The summed E-state index contributed by atoms with van der Waals surface area (Å²) in [6.07, 6.45) is -2.16. The molecule has 0 aliphatic rings. The number of aliphatic carboxylic acids is 1. The van der Waals surface area contributed by atoms with Crippen LogP contribution in [0, 0.1) is 38.6 Å². The molecule has 8 amide bonds.